The highest BCUT2D eigenvalue weighted by molar-refractivity contribution is 6.03. The van der Waals surface area contributed by atoms with Crippen LogP contribution >= 0.6 is 0 Å². The molecule has 0 atom stereocenters. The van der Waals surface area contributed by atoms with E-state index >= 15 is 0 Å². The van der Waals surface area contributed by atoms with E-state index in [0.29, 0.717) is 5.57 Å². The Balaban J connectivity index is 2.34. The van der Waals surface area contributed by atoms with E-state index < -0.39 is 0 Å². The second-order valence-corrected chi connectivity index (χ2v) is 3.57. The zero-order chi connectivity index (χ0) is 9.97. The molecular formula is C12H13NO. The number of aryl methyl sites for hydroxylation is 1. The van der Waals surface area contributed by atoms with Gasteiger partial charge in [0.05, 0.1) is 0 Å². The molecule has 0 fully saturated rings. The van der Waals surface area contributed by atoms with Gasteiger partial charge in [-0.15, -0.1) is 0 Å². The van der Waals surface area contributed by atoms with Crippen molar-refractivity contribution in [2.45, 2.75) is 19.3 Å². The molecule has 0 unspecified atom stereocenters. The summed E-state index contributed by atoms with van der Waals surface area (Å²) in [6.45, 7) is 3.76. The summed E-state index contributed by atoms with van der Waals surface area (Å²) in [5.41, 5.74) is 2.83. The van der Waals surface area contributed by atoms with Crippen molar-refractivity contribution in [2.24, 2.45) is 0 Å². The van der Waals surface area contributed by atoms with Crippen molar-refractivity contribution in [1.82, 2.24) is 0 Å². The molecule has 1 aromatic rings. The fourth-order valence-electron chi connectivity index (χ4n) is 1.68. The summed E-state index contributed by atoms with van der Waals surface area (Å²) < 4.78 is 0. The van der Waals surface area contributed by atoms with E-state index in [0.717, 1.165) is 24.9 Å². The molecule has 0 radical (unpaired) electrons. The lowest BCUT2D eigenvalue weighted by atomic mass is 10.0. The van der Waals surface area contributed by atoms with Crippen LogP contribution in [0.25, 0.3) is 0 Å². The first-order valence-corrected chi connectivity index (χ1v) is 4.84. The van der Waals surface area contributed by atoms with Crippen LogP contribution in [0.5, 0.6) is 0 Å². The fraction of sp³-hybridized carbons (Fsp3) is 0.250. The normalized spacial score (nSPS) is 16.6. The van der Waals surface area contributed by atoms with E-state index in [-0.39, 0.29) is 5.91 Å². The number of anilines is 1. The Kier molecular flexibility index (Phi) is 2.35. The number of carbonyl (C=O) groups excluding carboxylic acids is 1. The minimum atomic E-state index is -0.0443. The Bertz CT molecular complexity index is 382. The molecule has 14 heavy (non-hydrogen) atoms. The van der Waals surface area contributed by atoms with Crippen LogP contribution in [0.1, 0.15) is 18.4 Å². The van der Waals surface area contributed by atoms with Crippen LogP contribution < -0.4 is 5.32 Å². The predicted molar refractivity (Wildman–Crippen MR) is 57.1 cm³/mol. The van der Waals surface area contributed by atoms with Gasteiger partial charge in [0.2, 0.25) is 0 Å². The molecule has 1 aliphatic rings. The molecule has 2 nitrogen and oxygen atoms in total. The molecule has 1 N–H and O–H groups in total. The van der Waals surface area contributed by atoms with Gasteiger partial charge in [0.15, 0.2) is 0 Å². The van der Waals surface area contributed by atoms with Crippen molar-refractivity contribution < 1.29 is 4.79 Å². The van der Waals surface area contributed by atoms with E-state index in [1.165, 1.54) is 5.56 Å². The third-order valence-corrected chi connectivity index (χ3v) is 2.51. The Hall–Kier alpha value is -1.57. The first-order valence-electron chi connectivity index (χ1n) is 4.84. The Morgan fingerprint density at radius 1 is 1.21 bits per heavy atom. The highest BCUT2D eigenvalue weighted by Crippen LogP contribution is 2.22. The number of para-hydroxylation sites is 1. The first kappa shape index (κ1) is 9.00. The molecule has 0 saturated carbocycles. The van der Waals surface area contributed by atoms with Crippen LogP contribution in [0.2, 0.25) is 0 Å². The maximum Gasteiger partial charge on any atom is 0.250 e. The summed E-state index contributed by atoms with van der Waals surface area (Å²) in [7, 11) is 0. The van der Waals surface area contributed by atoms with E-state index in [2.05, 4.69) is 18.0 Å². The van der Waals surface area contributed by atoms with Crippen LogP contribution in [0, 0.1) is 0 Å². The highest BCUT2D eigenvalue weighted by Gasteiger charge is 2.13. The van der Waals surface area contributed by atoms with Crippen LogP contribution in [-0.2, 0) is 11.2 Å². The second-order valence-electron chi connectivity index (χ2n) is 3.57. The molecule has 2 heteroatoms. The number of carbonyl (C=O) groups is 1. The van der Waals surface area contributed by atoms with Gasteiger partial charge in [-0.3, -0.25) is 4.79 Å². The molecule has 0 aromatic heterocycles. The van der Waals surface area contributed by atoms with Gasteiger partial charge in [-0.05, 0) is 30.9 Å². The van der Waals surface area contributed by atoms with Crippen LogP contribution in [0.15, 0.2) is 36.4 Å². The highest BCUT2D eigenvalue weighted by atomic mass is 16.1. The number of hydrogen-bond acceptors (Lipinski definition) is 1. The van der Waals surface area contributed by atoms with Gasteiger partial charge in [0.25, 0.3) is 5.91 Å². The lowest BCUT2D eigenvalue weighted by Crippen LogP contribution is -2.17. The topological polar surface area (TPSA) is 29.1 Å². The molecule has 1 heterocycles. The summed E-state index contributed by atoms with van der Waals surface area (Å²) in [4.78, 5) is 11.5. The molecule has 1 aromatic carbocycles. The standard InChI is InChI=1S/C12H13NO/c1-9-5-4-7-10-6-2-3-8-11(10)13-12(9)14/h2-3,6,8H,1,4-5,7H2,(H,13,14). The van der Waals surface area contributed by atoms with Crippen molar-refractivity contribution >= 4 is 11.6 Å². The number of amides is 1. The van der Waals surface area contributed by atoms with Gasteiger partial charge < -0.3 is 5.32 Å². The number of fused-ring (bicyclic) bond motifs is 1. The average molecular weight is 187 g/mol. The quantitative estimate of drug-likeness (QED) is 0.621. The first-order chi connectivity index (χ1) is 6.77. The van der Waals surface area contributed by atoms with Gasteiger partial charge in [-0.2, -0.15) is 0 Å². The number of rotatable bonds is 0. The van der Waals surface area contributed by atoms with Crippen molar-refractivity contribution in [2.75, 3.05) is 5.32 Å². The SMILES string of the molecule is C=C1CCCc2ccccc2NC1=O. The Labute approximate surface area is 83.6 Å². The van der Waals surface area contributed by atoms with Crippen molar-refractivity contribution in [1.29, 1.82) is 0 Å². The number of nitrogens with one attached hydrogen (secondary N) is 1. The average Bonchev–Trinajstić information content (AvgIpc) is 2.18. The van der Waals surface area contributed by atoms with Crippen LogP contribution in [0.3, 0.4) is 0 Å². The maximum atomic E-state index is 11.5. The van der Waals surface area contributed by atoms with Gasteiger partial charge in [-0.1, -0.05) is 24.8 Å². The Morgan fingerprint density at radius 2 is 2.00 bits per heavy atom. The smallest absolute Gasteiger partial charge is 0.250 e. The van der Waals surface area contributed by atoms with Crippen molar-refractivity contribution in [3.05, 3.63) is 42.0 Å². The predicted octanol–water partition coefficient (Wildman–Crippen LogP) is 2.52. The van der Waals surface area contributed by atoms with E-state index in [4.69, 9.17) is 0 Å². The number of benzene rings is 1. The molecule has 72 valence electrons. The number of hydrogen-bond donors (Lipinski definition) is 1. The molecule has 0 aliphatic carbocycles. The zero-order valence-electron chi connectivity index (χ0n) is 8.05. The van der Waals surface area contributed by atoms with Gasteiger partial charge >= 0.3 is 0 Å². The molecule has 0 saturated heterocycles. The molecule has 0 bridgehead atoms. The molecular weight excluding hydrogens is 174 g/mol. The summed E-state index contributed by atoms with van der Waals surface area (Å²) in [5, 5.41) is 2.87. The molecule has 1 aliphatic heterocycles. The summed E-state index contributed by atoms with van der Waals surface area (Å²) in [5.74, 6) is -0.0443. The van der Waals surface area contributed by atoms with Crippen LogP contribution in [0.4, 0.5) is 5.69 Å². The largest absolute Gasteiger partial charge is 0.322 e. The monoisotopic (exact) mass is 187 g/mol. The van der Waals surface area contributed by atoms with Gasteiger partial charge in [0.1, 0.15) is 0 Å². The third kappa shape index (κ3) is 1.69. The summed E-state index contributed by atoms with van der Waals surface area (Å²) in [6.07, 6.45) is 2.80. The lowest BCUT2D eigenvalue weighted by molar-refractivity contribution is -0.113. The summed E-state index contributed by atoms with van der Waals surface area (Å²) in [6, 6.07) is 7.93. The second kappa shape index (κ2) is 3.66. The summed E-state index contributed by atoms with van der Waals surface area (Å²) >= 11 is 0. The Morgan fingerprint density at radius 3 is 2.86 bits per heavy atom. The van der Waals surface area contributed by atoms with Gasteiger partial charge in [0, 0.05) is 11.3 Å². The molecule has 1 amide bonds. The van der Waals surface area contributed by atoms with E-state index in [9.17, 15) is 4.79 Å². The third-order valence-electron chi connectivity index (χ3n) is 2.51. The minimum Gasteiger partial charge on any atom is -0.322 e. The maximum absolute atomic E-state index is 11.5. The van der Waals surface area contributed by atoms with E-state index in [1.54, 1.807) is 0 Å². The minimum absolute atomic E-state index is 0.0443. The van der Waals surface area contributed by atoms with Crippen molar-refractivity contribution in [3.8, 4) is 0 Å². The van der Waals surface area contributed by atoms with E-state index in [1.807, 2.05) is 18.2 Å². The van der Waals surface area contributed by atoms with Gasteiger partial charge in [-0.25, -0.2) is 0 Å². The van der Waals surface area contributed by atoms with Crippen molar-refractivity contribution in [3.63, 3.8) is 0 Å². The zero-order valence-corrected chi connectivity index (χ0v) is 8.05. The fourth-order valence-corrected chi connectivity index (χ4v) is 1.68. The molecule has 2 rings (SSSR count). The lowest BCUT2D eigenvalue weighted by Gasteiger charge is -2.15. The van der Waals surface area contributed by atoms with Crippen LogP contribution in [-0.4, -0.2) is 5.91 Å². The molecule has 0 spiro atoms.